The van der Waals surface area contributed by atoms with Gasteiger partial charge in [0, 0.05) is 32.7 Å². The van der Waals surface area contributed by atoms with Crippen molar-refractivity contribution in [3.63, 3.8) is 0 Å². The van der Waals surface area contributed by atoms with Gasteiger partial charge in [0.1, 0.15) is 6.04 Å². The van der Waals surface area contributed by atoms with Crippen molar-refractivity contribution in [1.29, 1.82) is 0 Å². The maximum absolute atomic E-state index is 11.3. The largest absolute Gasteiger partial charge is 0.480 e. The van der Waals surface area contributed by atoms with Crippen LogP contribution in [0.15, 0.2) is 42.5 Å². The Labute approximate surface area is 137 Å². The Bertz CT molecular complexity index is 673. The second kappa shape index (κ2) is 7.11. The first-order valence-corrected chi connectivity index (χ1v) is 8.35. The van der Waals surface area contributed by atoms with Crippen molar-refractivity contribution in [3.8, 4) is 0 Å². The zero-order chi connectivity index (χ0) is 16.2. The van der Waals surface area contributed by atoms with E-state index in [1.807, 2.05) is 6.92 Å². The van der Waals surface area contributed by atoms with E-state index in [4.69, 9.17) is 0 Å². The summed E-state index contributed by atoms with van der Waals surface area (Å²) >= 11 is 0. The number of benzene rings is 2. The number of carbonyl (C=O) groups is 1. The summed E-state index contributed by atoms with van der Waals surface area (Å²) in [6, 6.07) is 14.6. The van der Waals surface area contributed by atoms with Gasteiger partial charge in [-0.1, -0.05) is 49.4 Å². The first-order valence-electron chi connectivity index (χ1n) is 8.35. The predicted molar refractivity (Wildman–Crippen MR) is 92.5 cm³/mol. The smallest absolute Gasteiger partial charge is 0.320 e. The number of hydrogen-bond donors (Lipinski definition) is 1. The molecule has 23 heavy (non-hydrogen) atoms. The number of nitrogens with zero attached hydrogens (tertiary/aromatic N) is 2. The molecule has 0 spiro atoms. The van der Waals surface area contributed by atoms with Crippen LogP contribution < -0.4 is 0 Å². The van der Waals surface area contributed by atoms with E-state index >= 15 is 0 Å². The highest BCUT2D eigenvalue weighted by Crippen LogP contribution is 2.21. The highest BCUT2D eigenvalue weighted by atomic mass is 16.4. The Morgan fingerprint density at radius 1 is 1.09 bits per heavy atom. The van der Waals surface area contributed by atoms with Gasteiger partial charge in [0.2, 0.25) is 0 Å². The molecule has 122 valence electrons. The highest BCUT2D eigenvalue weighted by molar-refractivity contribution is 5.85. The van der Waals surface area contributed by atoms with Crippen LogP contribution in [0.2, 0.25) is 0 Å². The topological polar surface area (TPSA) is 43.8 Å². The summed E-state index contributed by atoms with van der Waals surface area (Å²) in [5.41, 5.74) is 1.35. The molecule has 1 aliphatic rings. The van der Waals surface area contributed by atoms with E-state index in [2.05, 4.69) is 52.3 Å². The molecule has 1 saturated heterocycles. The molecule has 1 N–H and O–H groups in total. The Hall–Kier alpha value is -1.91. The van der Waals surface area contributed by atoms with Crippen LogP contribution >= 0.6 is 0 Å². The van der Waals surface area contributed by atoms with Crippen LogP contribution in [0, 0.1) is 0 Å². The number of hydrogen-bond acceptors (Lipinski definition) is 3. The van der Waals surface area contributed by atoms with Gasteiger partial charge < -0.3 is 5.11 Å². The maximum Gasteiger partial charge on any atom is 0.320 e. The SMILES string of the molecule is CCC(C(=O)O)N1CCN(Cc2cccc3ccccc23)CC1. The Morgan fingerprint density at radius 3 is 2.48 bits per heavy atom. The van der Waals surface area contributed by atoms with Crippen LogP contribution in [0.25, 0.3) is 10.8 Å². The molecule has 2 aromatic carbocycles. The number of carboxylic acids is 1. The number of aliphatic carboxylic acids is 1. The second-order valence-electron chi connectivity index (χ2n) is 6.21. The minimum atomic E-state index is -0.699. The molecule has 1 aliphatic heterocycles. The van der Waals surface area contributed by atoms with Crippen LogP contribution in [0.5, 0.6) is 0 Å². The number of fused-ring (bicyclic) bond motifs is 1. The lowest BCUT2D eigenvalue weighted by atomic mass is 10.0. The molecule has 0 aromatic heterocycles. The first kappa shape index (κ1) is 16.0. The Morgan fingerprint density at radius 2 is 1.78 bits per heavy atom. The van der Waals surface area contributed by atoms with Crippen molar-refractivity contribution >= 4 is 16.7 Å². The molecule has 1 unspecified atom stereocenters. The summed E-state index contributed by atoms with van der Waals surface area (Å²) in [5.74, 6) is -0.699. The molecular formula is C19H24N2O2. The van der Waals surface area contributed by atoms with Gasteiger partial charge in [0.15, 0.2) is 0 Å². The lowest BCUT2D eigenvalue weighted by Gasteiger charge is -2.37. The summed E-state index contributed by atoms with van der Waals surface area (Å²) in [5, 5.41) is 11.9. The molecule has 0 amide bonds. The van der Waals surface area contributed by atoms with E-state index in [0.717, 1.165) is 32.7 Å². The van der Waals surface area contributed by atoms with Crippen LogP contribution in [0.4, 0.5) is 0 Å². The molecular weight excluding hydrogens is 288 g/mol. The van der Waals surface area contributed by atoms with Crippen LogP contribution in [-0.4, -0.2) is 53.1 Å². The van der Waals surface area contributed by atoms with Crippen molar-refractivity contribution in [1.82, 2.24) is 9.80 Å². The highest BCUT2D eigenvalue weighted by Gasteiger charge is 2.27. The summed E-state index contributed by atoms with van der Waals surface area (Å²) in [7, 11) is 0. The zero-order valence-electron chi connectivity index (χ0n) is 13.6. The number of carboxylic acid groups (broad SMARTS) is 1. The van der Waals surface area contributed by atoms with Crippen LogP contribution in [-0.2, 0) is 11.3 Å². The first-order chi connectivity index (χ1) is 11.2. The fraction of sp³-hybridized carbons (Fsp3) is 0.421. The normalized spacial score (nSPS) is 18.1. The molecule has 4 heteroatoms. The van der Waals surface area contributed by atoms with Gasteiger partial charge in [-0.25, -0.2) is 0 Å². The average Bonchev–Trinajstić information content (AvgIpc) is 2.57. The molecule has 0 radical (unpaired) electrons. The van der Waals surface area contributed by atoms with Gasteiger partial charge in [-0.05, 0) is 22.8 Å². The standard InChI is InChI=1S/C19H24N2O2/c1-2-18(19(22)23)21-12-10-20(11-13-21)14-16-8-5-7-15-6-3-4-9-17(15)16/h3-9,18H,2,10-14H2,1H3,(H,22,23). The van der Waals surface area contributed by atoms with Crippen molar-refractivity contribution in [3.05, 3.63) is 48.0 Å². The fourth-order valence-corrected chi connectivity index (χ4v) is 3.49. The van der Waals surface area contributed by atoms with E-state index in [1.54, 1.807) is 0 Å². The fourth-order valence-electron chi connectivity index (χ4n) is 3.49. The quantitative estimate of drug-likeness (QED) is 0.922. The van der Waals surface area contributed by atoms with Crippen molar-refractivity contribution in [2.24, 2.45) is 0 Å². The van der Waals surface area contributed by atoms with Gasteiger partial charge in [0.25, 0.3) is 0 Å². The summed E-state index contributed by atoms with van der Waals surface area (Å²) < 4.78 is 0. The third-order valence-corrected chi connectivity index (χ3v) is 4.79. The predicted octanol–water partition coefficient (Wildman–Crippen LogP) is 2.82. The molecule has 2 aromatic rings. The second-order valence-corrected chi connectivity index (χ2v) is 6.21. The zero-order valence-corrected chi connectivity index (χ0v) is 13.6. The average molecular weight is 312 g/mol. The summed E-state index contributed by atoms with van der Waals surface area (Å²) in [4.78, 5) is 15.8. The van der Waals surface area contributed by atoms with Crippen LogP contribution in [0.3, 0.4) is 0 Å². The molecule has 0 bridgehead atoms. The van der Waals surface area contributed by atoms with Gasteiger partial charge in [0.05, 0.1) is 0 Å². The number of rotatable bonds is 5. The minimum Gasteiger partial charge on any atom is -0.480 e. The van der Waals surface area contributed by atoms with Gasteiger partial charge >= 0.3 is 5.97 Å². The Balaban J connectivity index is 1.65. The van der Waals surface area contributed by atoms with E-state index in [1.165, 1.54) is 16.3 Å². The van der Waals surface area contributed by atoms with E-state index in [-0.39, 0.29) is 6.04 Å². The van der Waals surface area contributed by atoms with Crippen molar-refractivity contribution < 1.29 is 9.90 Å². The van der Waals surface area contributed by atoms with Gasteiger partial charge in [-0.2, -0.15) is 0 Å². The third kappa shape index (κ3) is 3.54. The molecule has 3 rings (SSSR count). The lowest BCUT2D eigenvalue weighted by Crippen LogP contribution is -2.52. The van der Waals surface area contributed by atoms with Crippen molar-refractivity contribution in [2.75, 3.05) is 26.2 Å². The van der Waals surface area contributed by atoms with Crippen molar-refractivity contribution in [2.45, 2.75) is 25.9 Å². The molecule has 1 heterocycles. The molecule has 0 saturated carbocycles. The van der Waals surface area contributed by atoms with E-state index in [9.17, 15) is 9.90 Å². The Kier molecular flexibility index (Phi) is 4.94. The van der Waals surface area contributed by atoms with E-state index < -0.39 is 5.97 Å². The van der Waals surface area contributed by atoms with Gasteiger partial charge in [-0.3, -0.25) is 14.6 Å². The minimum absolute atomic E-state index is 0.338. The summed E-state index contributed by atoms with van der Waals surface area (Å²) in [6.45, 7) is 6.38. The van der Waals surface area contributed by atoms with Crippen LogP contribution in [0.1, 0.15) is 18.9 Å². The lowest BCUT2D eigenvalue weighted by molar-refractivity contribution is -0.144. The summed E-state index contributed by atoms with van der Waals surface area (Å²) in [6.07, 6.45) is 0.665. The maximum atomic E-state index is 11.3. The van der Waals surface area contributed by atoms with Gasteiger partial charge in [-0.15, -0.1) is 0 Å². The molecule has 1 atom stereocenters. The monoisotopic (exact) mass is 312 g/mol. The van der Waals surface area contributed by atoms with E-state index in [0.29, 0.717) is 6.42 Å². The number of piperazine rings is 1. The molecule has 1 fully saturated rings. The molecule has 4 nitrogen and oxygen atoms in total. The molecule has 0 aliphatic carbocycles. The third-order valence-electron chi connectivity index (χ3n) is 4.79.